The second-order valence-electron chi connectivity index (χ2n) is 2.46. The molecule has 0 aliphatic heterocycles. The number of thioether (sulfide) groups is 1. The number of halogens is 1. The molecule has 0 aliphatic carbocycles. The van der Waals surface area contributed by atoms with Gasteiger partial charge in [0.25, 0.3) is 0 Å². The predicted octanol–water partition coefficient (Wildman–Crippen LogP) is 3.04. The summed E-state index contributed by atoms with van der Waals surface area (Å²) in [7, 11) is 0. The van der Waals surface area contributed by atoms with E-state index in [1.807, 2.05) is 18.2 Å². The van der Waals surface area contributed by atoms with E-state index in [0.717, 1.165) is 22.8 Å². The van der Waals surface area contributed by atoms with Crippen LogP contribution in [-0.4, -0.2) is 5.75 Å². The lowest BCUT2D eigenvalue weighted by Gasteiger charge is -2.05. The molecule has 0 fully saturated rings. The van der Waals surface area contributed by atoms with Gasteiger partial charge in [-0.2, -0.15) is 0 Å². The maximum atomic E-state index is 5.96. The average molecular weight is 212 g/mol. The largest absolute Gasteiger partial charge is 0.398 e. The molecular weight excluding hydrogens is 202 g/mol. The number of rotatable bonds is 3. The van der Waals surface area contributed by atoms with Crippen molar-refractivity contribution < 1.29 is 0 Å². The van der Waals surface area contributed by atoms with Crippen molar-refractivity contribution in [3.05, 3.63) is 23.2 Å². The van der Waals surface area contributed by atoms with Crippen molar-refractivity contribution in [2.24, 2.45) is 0 Å². The Hall–Kier alpha value is -0.780. The van der Waals surface area contributed by atoms with Gasteiger partial charge in [0.2, 0.25) is 0 Å². The summed E-state index contributed by atoms with van der Waals surface area (Å²) in [6, 6.07) is 5.50. The number of nitrogens with two attached hydrogens (primary N) is 1. The Morgan fingerprint density at radius 1 is 1.54 bits per heavy atom. The Morgan fingerprint density at radius 3 is 2.92 bits per heavy atom. The minimum atomic E-state index is 0.696. The van der Waals surface area contributed by atoms with Crippen molar-refractivity contribution >= 4 is 29.1 Å². The van der Waals surface area contributed by atoms with Crippen LogP contribution in [-0.2, 0) is 0 Å². The molecule has 0 saturated carbocycles. The first-order valence-electron chi connectivity index (χ1n) is 3.86. The highest BCUT2D eigenvalue weighted by molar-refractivity contribution is 7.99. The van der Waals surface area contributed by atoms with Gasteiger partial charge in [0.05, 0.1) is 5.02 Å². The molecule has 3 heteroatoms. The lowest BCUT2D eigenvalue weighted by molar-refractivity contribution is 1.29. The number of benzene rings is 1. The molecule has 1 aromatic rings. The Balaban J connectivity index is 2.71. The molecule has 1 nitrogen and oxygen atoms in total. The van der Waals surface area contributed by atoms with E-state index in [-0.39, 0.29) is 0 Å². The van der Waals surface area contributed by atoms with Crippen LogP contribution in [0.25, 0.3) is 0 Å². The first kappa shape index (κ1) is 10.3. The minimum absolute atomic E-state index is 0.696. The molecule has 0 aromatic heterocycles. The monoisotopic (exact) mass is 211 g/mol. The number of hydrogen-bond donors (Lipinski definition) is 1. The fourth-order valence-corrected chi connectivity index (χ4v) is 2.10. The maximum Gasteiger partial charge on any atom is 0.0562 e. The summed E-state index contributed by atoms with van der Waals surface area (Å²) in [4.78, 5) is 0.930. The minimum Gasteiger partial charge on any atom is -0.398 e. The first-order valence-corrected chi connectivity index (χ1v) is 5.22. The van der Waals surface area contributed by atoms with Crippen molar-refractivity contribution in [1.82, 2.24) is 0 Å². The summed E-state index contributed by atoms with van der Waals surface area (Å²) in [6.45, 7) is 0. The number of terminal acetylenes is 1. The number of nitrogen functional groups attached to an aromatic ring is 1. The molecule has 0 atom stereocenters. The topological polar surface area (TPSA) is 26.0 Å². The van der Waals surface area contributed by atoms with Crippen molar-refractivity contribution in [2.45, 2.75) is 11.3 Å². The molecule has 0 unspecified atom stereocenters. The molecule has 0 amide bonds. The second kappa shape index (κ2) is 5.06. The molecule has 2 N–H and O–H groups in total. The smallest absolute Gasteiger partial charge is 0.0562 e. The van der Waals surface area contributed by atoms with E-state index in [4.69, 9.17) is 23.8 Å². The number of anilines is 1. The highest BCUT2D eigenvalue weighted by atomic mass is 35.5. The van der Waals surface area contributed by atoms with Gasteiger partial charge in [-0.15, -0.1) is 24.1 Å². The van der Waals surface area contributed by atoms with Crippen LogP contribution >= 0.6 is 23.4 Å². The van der Waals surface area contributed by atoms with Gasteiger partial charge in [0, 0.05) is 22.8 Å². The third-order valence-corrected chi connectivity index (χ3v) is 3.07. The quantitative estimate of drug-likeness (QED) is 0.360. The molecule has 0 saturated heterocycles. The van der Waals surface area contributed by atoms with Crippen molar-refractivity contribution in [3.63, 3.8) is 0 Å². The summed E-state index contributed by atoms with van der Waals surface area (Å²) in [6.07, 6.45) is 5.87. The number of hydrogen-bond acceptors (Lipinski definition) is 2. The normalized spacial score (nSPS) is 9.54. The van der Waals surface area contributed by atoms with E-state index < -0.39 is 0 Å². The van der Waals surface area contributed by atoms with Gasteiger partial charge in [-0.25, -0.2) is 0 Å². The maximum absolute atomic E-state index is 5.96. The van der Waals surface area contributed by atoms with E-state index in [1.165, 1.54) is 0 Å². The zero-order valence-electron chi connectivity index (χ0n) is 7.09. The SMILES string of the molecule is C#CCCSc1c(N)cccc1Cl. The molecule has 13 heavy (non-hydrogen) atoms. The molecule has 0 bridgehead atoms. The van der Waals surface area contributed by atoms with Gasteiger partial charge in [0.15, 0.2) is 0 Å². The van der Waals surface area contributed by atoms with Crippen molar-refractivity contribution in [3.8, 4) is 12.3 Å². The van der Waals surface area contributed by atoms with Crippen LogP contribution in [0.3, 0.4) is 0 Å². The molecule has 1 aromatic carbocycles. The van der Waals surface area contributed by atoms with Crippen LogP contribution in [0.2, 0.25) is 5.02 Å². The first-order chi connectivity index (χ1) is 6.25. The third-order valence-electron chi connectivity index (χ3n) is 1.49. The Kier molecular flexibility index (Phi) is 4.01. The van der Waals surface area contributed by atoms with Crippen LogP contribution < -0.4 is 5.73 Å². The van der Waals surface area contributed by atoms with Crippen LogP contribution in [0, 0.1) is 12.3 Å². The van der Waals surface area contributed by atoms with E-state index in [1.54, 1.807) is 11.8 Å². The van der Waals surface area contributed by atoms with Gasteiger partial charge >= 0.3 is 0 Å². The van der Waals surface area contributed by atoms with Crippen LogP contribution in [0.1, 0.15) is 6.42 Å². The molecule has 0 radical (unpaired) electrons. The van der Waals surface area contributed by atoms with Gasteiger partial charge in [0.1, 0.15) is 0 Å². The Bertz CT molecular complexity index is 310. The zero-order valence-corrected chi connectivity index (χ0v) is 8.66. The lowest BCUT2D eigenvalue weighted by atomic mass is 10.3. The van der Waals surface area contributed by atoms with E-state index in [2.05, 4.69) is 5.92 Å². The van der Waals surface area contributed by atoms with Gasteiger partial charge < -0.3 is 5.73 Å². The predicted molar refractivity (Wildman–Crippen MR) is 60.0 cm³/mol. The third kappa shape index (κ3) is 2.87. The standard InChI is InChI=1S/C10H10ClNS/c1-2-3-7-13-10-8(11)5-4-6-9(10)12/h1,4-6H,3,7,12H2. The van der Waals surface area contributed by atoms with E-state index in [0.29, 0.717) is 5.02 Å². The molecule has 0 aliphatic rings. The van der Waals surface area contributed by atoms with E-state index in [9.17, 15) is 0 Å². The van der Waals surface area contributed by atoms with Crippen molar-refractivity contribution in [1.29, 1.82) is 0 Å². The zero-order chi connectivity index (χ0) is 9.68. The summed E-state index contributed by atoms with van der Waals surface area (Å²) in [5.41, 5.74) is 6.46. The summed E-state index contributed by atoms with van der Waals surface area (Å²) < 4.78 is 0. The second-order valence-corrected chi connectivity index (χ2v) is 3.97. The molecular formula is C10H10ClNS. The molecule has 0 spiro atoms. The van der Waals surface area contributed by atoms with Crippen LogP contribution in [0.5, 0.6) is 0 Å². The van der Waals surface area contributed by atoms with Crippen LogP contribution in [0.4, 0.5) is 5.69 Å². The van der Waals surface area contributed by atoms with Gasteiger partial charge in [-0.3, -0.25) is 0 Å². The molecule has 1 rings (SSSR count). The Morgan fingerprint density at radius 2 is 2.31 bits per heavy atom. The highest BCUT2D eigenvalue weighted by Crippen LogP contribution is 2.32. The van der Waals surface area contributed by atoms with Crippen molar-refractivity contribution in [2.75, 3.05) is 11.5 Å². The fourth-order valence-electron chi connectivity index (χ4n) is 0.890. The summed E-state index contributed by atoms with van der Waals surface area (Å²) in [5.74, 6) is 3.42. The van der Waals surface area contributed by atoms with E-state index >= 15 is 0 Å². The Labute approximate surface area is 87.7 Å². The van der Waals surface area contributed by atoms with Crippen LogP contribution in [0.15, 0.2) is 23.1 Å². The van der Waals surface area contributed by atoms with Gasteiger partial charge in [-0.05, 0) is 12.1 Å². The molecule has 0 heterocycles. The lowest BCUT2D eigenvalue weighted by Crippen LogP contribution is -1.89. The summed E-state index contributed by atoms with van der Waals surface area (Å²) in [5, 5.41) is 0.696. The highest BCUT2D eigenvalue weighted by Gasteiger charge is 2.03. The molecule has 68 valence electrons. The average Bonchev–Trinajstić information content (AvgIpc) is 2.10. The van der Waals surface area contributed by atoms with Gasteiger partial charge in [-0.1, -0.05) is 17.7 Å². The summed E-state index contributed by atoms with van der Waals surface area (Å²) >= 11 is 7.55. The fraction of sp³-hybridized carbons (Fsp3) is 0.200.